The SMILES string of the molecule is CC(C)C1(C(=O)O)CCN(C(=O)CCN(C)C)C1. The zero-order chi connectivity index (χ0) is 13.9. The molecule has 0 radical (unpaired) electrons. The van der Waals surface area contributed by atoms with Crippen molar-refractivity contribution in [1.82, 2.24) is 9.80 Å². The van der Waals surface area contributed by atoms with Crippen LogP contribution in [0, 0.1) is 11.3 Å². The number of carbonyl (C=O) groups excluding carboxylic acids is 1. The van der Waals surface area contributed by atoms with E-state index in [1.807, 2.05) is 32.8 Å². The second-order valence-electron chi connectivity index (χ2n) is 5.73. The van der Waals surface area contributed by atoms with Crippen molar-refractivity contribution in [2.45, 2.75) is 26.7 Å². The molecule has 0 saturated carbocycles. The zero-order valence-corrected chi connectivity index (χ0v) is 11.8. The van der Waals surface area contributed by atoms with Crippen molar-refractivity contribution in [3.63, 3.8) is 0 Å². The third-order valence-electron chi connectivity index (χ3n) is 3.96. The van der Waals surface area contributed by atoms with Gasteiger partial charge in [-0.3, -0.25) is 9.59 Å². The molecule has 1 saturated heterocycles. The lowest BCUT2D eigenvalue weighted by molar-refractivity contribution is -0.151. The normalized spacial score (nSPS) is 24.0. The van der Waals surface area contributed by atoms with Gasteiger partial charge in [0.15, 0.2) is 0 Å². The van der Waals surface area contributed by atoms with Gasteiger partial charge < -0.3 is 14.9 Å². The van der Waals surface area contributed by atoms with Crippen LogP contribution in [0.2, 0.25) is 0 Å². The number of carboxylic acid groups (broad SMARTS) is 1. The Morgan fingerprint density at radius 3 is 2.39 bits per heavy atom. The summed E-state index contributed by atoms with van der Waals surface area (Å²) in [5, 5.41) is 9.41. The second-order valence-corrected chi connectivity index (χ2v) is 5.73. The fourth-order valence-corrected chi connectivity index (χ4v) is 2.42. The van der Waals surface area contributed by atoms with Crippen molar-refractivity contribution in [2.24, 2.45) is 11.3 Å². The maximum absolute atomic E-state index is 12.0. The third kappa shape index (κ3) is 3.02. The van der Waals surface area contributed by atoms with Gasteiger partial charge in [-0.05, 0) is 26.4 Å². The summed E-state index contributed by atoms with van der Waals surface area (Å²) in [4.78, 5) is 27.1. The van der Waals surface area contributed by atoms with E-state index in [0.29, 0.717) is 32.5 Å². The number of nitrogens with zero attached hydrogens (tertiary/aromatic N) is 2. The quantitative estimate of drug-likeness (QED) is 0.794. The number of aliphatic carboxylic acids is 1. The van der Waals surface area contributed by atoms with Gasteiger partial charge in [-0.1, -0.05) is 13.8 Å². The average Bonchev–Trinajstić information content (AvgIpc) is 2.71. The first-order chi connectivity index (χ1) is 8.29. The molecule has 0 bridgehead atoms. The first kappa shape index (κ1) is 15.0. The van der Waals surface area contributed by atoms with Crippen molar-refractivity contribution in [2.75, 3.05) is 33.7 Å². The number of carboxylic acids is 1. The summed E-state index contributed by atoms with van der Waals surface area (Å²) in [6.45, 7) is 5.46. The van der Waals surface area contributed by atoms with E-state index in [2.05, 4.69) is 0 Å². The molecule has 1 amide bonds. The maximum Gasteiger partial charge on any atom is 0.311 e. The highest BCUT2D eigenvalue weighted by atomic mass is 16.4. The highest BCUT2D eigenvalue weighted by molar-refractivity contribution is 5.81. The highest BCUT2D eigenvalue weighted by Crippen LogP contribution is 2.38. The van der Waals surface area contributed by atoms with Crippen LogP contribution in [-0.2, 0) is 9.59 Å². The van der Waals surface area contributed by atoms with Crippen molar-refractivity contribution in [3.8, 4) is 0 Å². The highest BCUT2D eigenvalue weighted by Gasteiger charge is 2.48. The van der Waals surface area contributed by atoms with Gasteiger partial charge in [-0.25, -0.2) is 0 Å². The van der Waals surface area contributed by atoms with Gasteiger partial charge in [0.1, 0.15) is 0 Å². The largest absolute Gasteiger partial charge is 0.481 e. The van der Waals surface area contributed by atoms with Crippen molar-refractivity contribution < 1.29 is 14.7 Å². The maximum atomic E-state index is 12.0. The van der Waals surface area contributed by atoms with Crippen LogP contribution in [-0.4, -0.2) is 60.5 Å². The Kier molecular flexibility index (Phi) is 4.73. The predicted octanol–water partition coefficient (Wildman–Crippen LogP) is 0.897. The average molecular weight is 256 g/mol. The first-order valence-corrected chi connectivity index (χ1v) is 6.45. The van der Waals surface area contributed by atoms with E-state index in [-0.39, 0.29) is 11.8 Å². The summed E-state index contributed by atoms with van der Waals surface area (Å²) < 4.78 is 0. The molecule has 1 N–H and O–H groups in total. The van der Waals surface area contributed by atoms with Gasteiger partial charge in [0, 0.05) is 26.1 Å². The molecule has 1 aliphatic heterocycles. The van der Waals surface area contributed by atoms with Crippen molar-refractivity contribution >= 4 is 11.9 Å². The Morgan fingerprint density at radius 2 is 2.00 bits per heavy atom. The molecular formula is C13H24N2O3. The molecule has 1 heterocycles. The monoisotopic (exact) mass is 256 g/mol. The van der Waals surface area contributed by atoms with Gasteiger partial charge in [0.05, 0.1) is 5.41 Å². The van der Waals surface area contributed by atoms with E-state index in [9.17, 15) is 14.7 Å². The molecule has 5 nitrogen and oxygen atoms in total. The minimum absolute atomic E-state index is 0.0432. The summed E-state index contributed by atoms with van der Waals surface area (Å²) in [6, 6.07) is 0. The molecule has 18 heavy (non-hydrogen) atoms. The van der Waals surface area contributed by atoms with E-state index < -0.39 is 11.4 Å². The molecule has 1 fully saturated rings. The minimum Gasteiger partial charge on any atom is -0.481 e. The van der Waals surface area contributed by atoms with Gasteiger partial charge >= 0.3 is 5.97 Å². The van der Waals surface area contributed by atoms with E-state index in [4.69, 9.17) is 0 Å². The van der Waals surface area contributed by atoms with E-state index >= 15 is 0 Å². The van der Waals surface area contributed by atoms with Crippen LogP contribution >= 0.6 is 0 Å². The lowest BCUT2D eigenvalue weighted by Gasteiger charge is -2.28. The fraction of sp³-hybridized carbons (Fsp3) is 0.846. The van der Waals surface area contributed by atoms with Crippen molar-refractivity contribution in [1.29, 1.82) is 0 Å². The summed E-state index contributed by atoms with van der Waals surface area (Å²) in [7, 11) is 3.85. The number of likely N-dealkylation sites (tertiary alicyclic amines) is 1. The minimum atomic E-state index is -0.777. The summed E-state index contributed by atoms with van der Waals surface area (Å²) in [5.74, 6) is -0.672. The van der Waals surface area contributed by atoms with Crippen LogP contribution in [0.25, 0.3) is 0 Å². The number of rotatable bonds is 5. The lowest BCUT2D eigenvalue weighted by Crippen LogP contribution is -2.41. The lowest BCUT2D eigenvalue weighted by atomic mass is 9.76. The second kappa shape index (κ2) is 5.69. The molecule has 104 valence electrons. The molecule has 0 spiro atoms. The molecule has 0 aromatic heterocycles. The Balaban J connectivity index is 2.64. The van der Waals surface area contributed by atoms with Crippen molar-refractivity contribution in [3.05, 3.63) is 0 Å². The zero-order valence-electron chi connectivity index (χ0n) is 11.8. The fourth-order valence-electron chi connectivity index (χ4n) is 2.42. The number of hydrogen-bond donors (Lipinski definition) is 1. The van der Waals surface area contributed by atoms with E-state index in [1.54, 1.807) is 4.90 Å². The van der Waals surface area contributed by atoms with Gasteiger partial charge in [-0.15, -0.1) is 0 Å². The Labute approximate surface area is 109 Å². The van der Waals surface area contributed by atoms with Gasteiger partial charge in [0.2, 0.25) is 5.91 Å². The molecule has 1 atom stereocenters. The van der Waals surface area contributed by atoms with Crippen LogP contribution < -0.4 is 0 Å². The molecule has 0 aromatic carbocycles. The van der Waals surface area contributed by atoms with E-state index in [0.717, 1.165) is 0 Å². The standard InChI is InChI=1S/C13H24N2O3/c1-10(2)13(12(17)18)6-8-15(9-13)11(16)5-7-14(3)4/h10H,5-9H2,1-4H3,(H,17,18). The molecule has 0 aliphatic carbocycles. The molecular weight excluding hydrogens is 232 g/mol. The topological polar surface area (TPSA) is 60.9 Å². The third-order valence-corrected chi connectivity index (χ3v) is 3.96. The van der Waals surface area contributed by atoms with E-state index in [1.165, 1.54) is 0 Å². The number of carbonyl (C=O) groups is 2. The summed E-state index contributed by atoms with van der Waals surface area (Å²) >= 11 is 0. The summed E-state index contributed by atoms with van der Waals surface area (Å²) in [5.41, 5.74) is -0.756. The van der Waals surface area contributed by atoms with Crippen LogP contribution in [0.5, 0.6) is 0 Å². The molecule has 5 heteroatoms. The summed E-state index contributed by atoms with van der Waals surface area (Å²) in [6.07, 6.45) is 1.02. The Bertz CT molecular complexity index is 328. The number of hydrogen-bond acceptors (Lipinski definition) is 3. The van der Waals surface area contributed by atoms with Gasteiger partial charge in [0.25, 0.3) is 0 Å². The molecule has 0 aromatic rings. The first-order valence-electron chi connectivity index (χ1n) is 6.45. The molecule has 1 unspecified atom stereocenters. The molecule has 1 aliphatic rings. The van der Waals surface area contributed by atoms with Crippen LogP contribution in [0.4, 0.5) is 0 Å². The number of amides is 1. The predicted molar refractivity (Wildman–Crippen MR) is 69.3 cm³/mol. The van der Waals surface area contributed by atoms with Crippen LogP contribution in [0.15, 0.2) is 0 Å². The van der Waals surface area contributed by atoms with Crippen LogP contribution in [0.3, 0.4) is 0 Å². The van der Waals surface area contributed by atoms with Gasteiger partial charge in [-0.2, -0.15) is 0 Å². The Morgan fingerprint density at radius 1 is 1.39 bits per heavy atom. The molecule has 1 rings (SSSR count). The smallest absolute Gasteiger partial charge is 0.311 e. The van der Waals surface area contributed by atoms with Crippen LogP contribution in [0.1, 0.15) is 26.7 Å². The Hall–Kier alpha value is -1.10.